The van der Waals surface area contributed by atoms with E-state index < -0.39 is 0 Å². The number of hydrogen-bond acceptors (Lipinski definition) is 3. The molecule has 86 valence electrons. The fourth-order valence-electron chi connectivity index (χ4n) is 3.04. The van der Waals surface area contributed by atoms with Gasteiger partial charge in [-0.3, -0.25) is 0 Å². The predicted octanol–water partition coefficient (Wildman–Crippen LogP) is 2.17. The minimum absolute atomic E-state index is 0.712. The molecule has 0 aromatic carbocycles. The first-order valence-electron chi connectivity index (χ1n) is 6.48. The van der Waals surface area contributed by atoms with Gasteiger partial charge in [0.15, 0.2) is 0 Å². The van der Waals surface area contributed by atoms with E-state index in [4.69, 9.17) is 0 Å². The van der Waals surface area contributed by atoms with Crippen LogP contribution in [0.5, 0.6) is 0 Å². The lowest BCUT2D eigenvalue weighted by atomic mass is 9.84. The maximum Gasteiger partial charge on any atom is 0.116 e. The van der Waals surface area contributed by atoms with Crippen molar-refractivity contribution in [3.8, 4) is 0 Å². The minimum atomic E-state index is 0.712. The van der Waals surface area contributed by atoms with Gasteiger partial charge in [0, 0.05) is 12.5 Å². The van der Waals surface area contributed by atoms with Crippen molar-refractivity contribution in [2.75, 3.05) is 6.54 Å². The lowest BCUT2D eigenvalue weighted by molar-refractivity contribution is 0.430. The van der Waals surface area contributed by atoms with Gasteiger partial charge < -0.3 is 5.32 Å². The molecular weight excluding hydrogens is 198 g/mol. The van der Waals surface area contributed by atoms with E-state index in [0.717, 1.165) is 19.5 Å². The van der Waals surface area contributed by atoms with Gasteiger partial charge in [0.25, 0.3) is 0 Å². The van der Waals surface area contributed by atoms with Gasteiger partial charge in [-0.1, -0.05) is 19.3 Å². The predicted molar refractivity (Wildman–Crippen MR) is 63.3 cm³/mol. The Morgan fingerprint density at radius 2 is 2.00 bits per heavy atom. The Labute approximate surface area is 96.7 Å². The third-order valence-corrected chi connectivity index (χ3v) is 3.90. The summed E-state index contributed by atoms with van der Waals surface area (Å²) in [6, 6.07) is 0. The molecule has 3 nitrogen and oxygen atoms in total. The quantitative estimate of drug-likeness (QED) is 0.783. The van der Waals surface area contributed by atoms with Crippen LogP contribution in [0.4, 0.5) is 0 Å². The molecule has 0 amide bonds. The lowest BCUT2D eigenvalue weighted by Gasteiger charge is -2.26. The number of aromatic nitrogens is 2. The molecule has 3 heteroatoms. The Hall–Kier alpha value is -0.960. The summed E-state index contributed by atoms with van der Waals surface area (Å²) >= 11 is 0. The fraction of sp³-hybridized carbons (Fsp3) is 0.692. The van der Waals surface area contributed by atoms with Crippen molar-refractivity contribution in [3.63, 3.8) is 0 Å². The highest BCUT2D eigenvalue weighted by Crippen LogP contribution is 2.34. The van der Waals surface area contributed by atoms with Gasteiger partial charge in [-0.15, -0.1) is 0 Å². The Morgan fingerprint density at radius 1 is 1.12 bits per heavy atom. The monoisotopic (exact) mass is 217 g/mol. The van der Waals surface area contributed by atoms with E-state index >= 15 is 0 Å². The molecule has 1 aliphatic heterocycles. The van der Waals surface area contributed by atoms with Gasteiger partial charge in [-0.05, 0) is 31.4 Å². The number of nitrogens with one attached hydrogen (secondary N) is 1. The molecule has 0 bridgehead atoms. The summed E-state index contributed by atoms with van der Waals surface area (Å²) in [5, 5.41) is 3.38. The van der Waals surface area contributed by atoms with Crippen LogP contribution in [0.25, 0.3) is 0 Å². The highest BCUT2D eigenvalue weighted by molar-refractivity contribution is 5.29. The van der Waals surface area contributed by atoms with Gasteiger partial charge in [0.2, 0.25) is 0 Å². The van der Waals surface area contributed by atoms with E-state index in [0.29, 0.717) is 5.92 Å². The number of rotatable bonds is 1. The summed E-state index contributed by atoms with van der Waals surface area (Å²) in [5.74, 6) is 0.712. The second-order valence-corrected chi connectivity index (χ2v) is 4.95. The molecule has 1 aliphatic carbocycles. The fourth-order valence-corrected chi connectivity index (χ4v) is 3.04. The van der Waals surface area contributed by atoms with E-state index in [1.165, 1.54) is 49.1 Å². The van der Waals surface area contributed by atoms with Crippen LogP contribution in [0.2, 0.25) is 0 Å². The van der Waals surface area contributed by atoms with Gasteiger partial charge in [-0.2, -0.15) is 0 Å². The maximum atomic E-state index is 4.58. The zero-order valence-corrected chi connectivity index (χ0v) is 9.71. The first kappa shape index (κ1) is 10.2. The summed E-state index contributed by atoms with van der Waals surface area (Å²) in [6.45, 7) is 2.01. The molecule has 0 unspecified atom stereocenters. The third-order valence-electron chi connectivity index (χ3n) is 3.90. The zero-order chi connectivity index (χ0) is 10.8. The van der Waals surface area contributed by atoms with Gasteiger partial charge in [-0.25, -0.2) is 9.97 Å². The maximum absolute atomic E-state index is 4.58. The van der Waals surface area contributed by atoms with E-state index in [2.05, 4.69) is 15.3 Å². The van der Waals surface area contributed by atoms with E-state index in [9.17, 15) is 0 Å². The molecule has 0 radical (unpaired) electrons. The van der Waals surface area contributed by atoms with Crippen molar-refractivity contribution in [1.82, 2.24) is 15.3 Å². The lowest BCUT2D eigenvalue weighted by Crippen LogP contribution is -2.27. The van der Waals surface area contributed by atoms with E-state index in [1.807, 2.05) is 0 Å². The number of hydrogen-bond donors (Lipinski definition) is 1. The smallest absolute Gasteiger partial charge is 0.116 e. The second-order valence-electron chi connectivity index (χ2n) is 4.95. The Morgan fingerprint density at radius 3 is 2.88 bits per heavy atom. The van der Waals surface area contributed by atoms with E-state index in [-0.39, 0.29) is 0 Å². The van der Waals surface area contributed by atoms with Crippen LogP contribution in [0.3, 0.4) is 0 Å². The van der Waals surface area contributed by atoms with E-state index in [1.54, 1.807) is 6.33 Å². The molecule has 0 saturated heterocycles. The van der Waals surface area contributed by atoms with Gasteiger partial charge in [0.05, 0.1) is 11.4 Å². The summed E-state index contributed by atoms with van der Waals surface area (Å²) in [5.41, 5.74) is 4.06. The largest absolute Gasteiger partial charge is 0.311 e. The zero-order valence-electron chi connectivity index (χ0n) is 9.71. The molecular formula is C13H19N3. The first-order chi connectivity index (χ1) is 7.95. The molecule has 1 aromatic heterocycles. The normalized spacial score (nSPS) is 21.8. The minimum Gasteiger partial charge on any atom is -0.311 e. The molecule has 0 spiro atoms. The van der Waals surface area contributed by atoms with Crippen LogP contribution in [0.1, 0.15) is 55.0 Å². The average Bonchev–Trinajstić information content (AvgIpc) is 2.39. The molecule has 1 fully saturated rings. The van der Waals surface area contributed by atoms with Crippen LogP contribution < -0.4 is 5.32 Å². The van der Waals surface area contributed by atoms with Crippen molar-refractivity contribution in [2.45, 2.75) is 51.0 Å². The average molecular weight is 217 g/mol. The molecule has 1 saturated carbocycles. The Kier molecular flexibility index (Phi) is 2.87. The SMILES string of the molecule is c1nc2c(c(C3CCCCC3)n1)CCNC2. The van der Waals surface area contributed by atoms with Crippen molar-refractivity contribution in [3.05, 3.63) is 23.3 Å². The molecule has 0 atom stereocenters. The summed E-state index contributed by atoms with van der Waals surface area (Å²) in [7, 11) is 0. The van der Waals surface area contributed by atoms with Crippen LogP contribution in [0, 0.1) is 0 Å². The molecule has 1 aromatic rings. The molecule has 1 N–H and O–H groups in total. The van der Waals surface area contributed by atoms with Crippen LogP contribution in [0.15, 0.2) is 6.33 Å². The number of fused-ring (bicyclic) bond motifs is 1. The van der Waals surface area contributed by atoms with Gasteiger partial charge in [0.1, 0.15) is 6.33 Å². The Bertz CT molecular complexity index is 369. The molecule has 3 rings (SSSR count). The van der Waals surface area contributed by atoms with Crippen molar-refractivity contribution < 1.29 is 0 Å². The first-order valence-corrected chi connectivity index (χ1v) is 6.48. The van der Waals surface area contributed by atoms with Crippen molar-refractivity contribution in [1.29, 1.82) is 0 Å². The van der Waals surface area contributed by atoms with Gasteiger partial charge >= 0.3 is 0 Å². The summed E-state index contributed by atoms with van der Waals surface area (Å²) in [4.78, 5) is 8.98. The molecule has 2 aliphatic rings. The highest BCUT2D eigenvalue weighted by Gasteiger charge is 2.23. The topological polar surface area (TPSA) is 37.8 Å². The van der Waals surface area contributed by atoms with Crippen molar-refractivity contribution >= 4 is 0 Å². The molecule has 2 heterocycles. The van der Waals surface area contributed by atoms with Crippen LogP contribution >= 0.6 is 0 Å². The standard InChI is InChI=1S/C13H19N3/c1-2-4-10(5-3-1)13-11-6-7-14-8-12(11)15-9-16-13/h9-10,14H,1-8H2. The van der Waals surface area contributed by atoms with Crippen molar-refractivity contribution in [2.24, 2.45) is 0 Å². The summed E-state index contributed by atoms with van der Waals surface area (Å²) < 4.78 is 0. The third kappa shape index (κ3) is 1.84. The van der Waals surface area contributed by atoms with Crippen LogP contribution in [-0.2, 0) is 13.0 Å². The second kappa shape index (κ2) is 4.50. The Balaban J connectivity index is 1.93. The highest BCUT2D eigenvalue weighted by atomic mass is 14.9. The number of nitrogens with zero attached hydrogens (tertiary/aromatic N) is 2. The molecule has 16 heavy (non-hydrogen) atoms. The summed E-state index contributed by atoms with van der Waals surface area (Å²) in [6.07, 6.45) is 9.69. The van der Waals surface area contributed by atoms with Crippen LogP contribution in [-0.4, -0.2) is 16.5 Å².